The molecule has 0 spiro atoms. The van der Waals surface area contributed by atoms with E-state index in [0.717, 1.165) is 0 Å². The van der Waals surface area contributed by atoms with E-state index < -0.39 is 10.0 Å². The predicted molar refractivity (Wildman–Crippen MR) is 82.4 cm³/mol. The van der Waals surface area contributed by atoms with Crippen molar-refractivity contribution in [2.45, 2.75) is 4.90 Å². The van der Waals surface area contributed by atoms with Gasteiger partial charge in [-0.15, -0.1) is 0 Å². The summed E-state index contributed by atoms with van der Waals surface area (Å²) >= 11 is 0. The van der Waals surface area contributed by atoms with Crippen molar-refractivity contribution in [2.75, 3.05) is 18.0 Å². The van der Waals surface area contributed by atoms with E-state index in [1.54, 1.807) is 42.5 Å². The molecule has 0 aliphatic carbocycles. The van der Waals surface area contributed by atoms with Crippen molar-refractivity contribution in [2.24, 2.45) is 0 Å². The first kappa shape index (κ1) is 15.1. The highest BCUT2D eigenvalue weighted by Gasteiger charge is 2.23. The summed E-state index contributed by atoms with van der Waals surface area (Å²) in [6.07, 6.45) is 0. The number of sulfonamides is 1. The minimum Gasteiger partial charge on any atom is -0.384 e. The van der Waals surface area contributed by atoms with Gasteiger partial charge in [0.1, 0.15) is 11.5 Å². The van der Waals surface area contributed by atoms with E-state index in [-0.39, 0.29) is 11.5 Å². The normalized spacial score (nSPS) is 10.6. The minimum atomic E-state index is -3.70. The van der Waals surface area contributed by atoms with E-state index in [9.17, 15) is 8.42 Å². The number of anilines is 1. The highest BCUT2D eigenvalue weighted by atomic mass is 32.2. The van der Waals surface area contributed by atoms with Gasteiger partial charge in [0.15, 0.2) is 0 Å². The molecule has 108 valence electrons. The molecule has 0 heterocycles. The maximum Gasteiger partial charge on any atom is 0.265 e. The fourth-order valence-corrected chi connectivity index (χ4v) is 3.20. The zero-order valence-corrected chi connectivity index (χ0v) is 12.3. The largest absolute Gasteiger partial charge is 0.384 e. The lowest BCUT2D eigenvalue weighted by atomic mass is 10.2. The predicted octanol–water partition coefficient (Wildman–Crippen LogP) is 1.86. The zero-order chi connectivity index (χ0) is 15.3. The molecule has 4 nitrogen and oxygen atoms in total. The van der Waals surface area contributed by atoms with Crippen LogP contribution in [0.1, 0.15) is 5.56 Å². The van der Waals surface area contributed by atoms with Gasteiger partial charge in [-0.05, 0) is 24.3 Å². The Bertz CT molecular complexity index is 774. The number of hydrogen-bond acceptors (Lipinski definition) is 3. The van der Waals surface area contributed by atoms with Crippen LogP contribution in [0, 0.1) is 11.8 Å². The van der Waals surface area contributed by atoms with Crippen molar-refractivity contribution in [3.63, 3.8) is 0 Å². The first-order valence-corrected chi connectivity index (χ1v) is 7.74. The maximum atomic E-state index is 12.7. The smallest absolute Gasteiger partial charge is 0.265 e. The molecule has 21 heavy (non-hydrogen) atoms. The molecular weight excluding hydrogens is 286 g/mol. The van der Waals surface area contributed by atoms with E-state index in [4.69, 9.17) is 5.11 Å². The standard InChI is InChI=1S/C16H15NO3S/c1-17(15-10-3-2-4-11-15)21(19,20)16-12-6-5-8-14(16)9-7-13-18/h2-6,8,10-12,18H,13H2,1H3. The summed E-state index contributed by atoms with van der Waals surface area (Å²) in [5.74, 6) is 5.15. The van der Waals surface area contributed by atoms with Crippen LogP contribution >= 0.6 is 0 Å². The first-order chi connectivity index (χ1) is 10.1. The van der Waals surface area contributed by atoms with Crippen LogP contribution in [0.15, 0.2) is 59.5 Å². The molecule has 1 N–H and O–H groups in total. The van der Waals surface area contributed by atoms with Crippen molar-refractivity contribution in [3.05, 3.63) is 60.2 Å². The van der Waals surface area contributed by atoms with E-state index in [1.165, 1.54) is 17.4 Å². The van der Waals surface area contributed by atoms with Crippen LogP contribution < -0.4 is 4.31 Å². The lowest BCUT2D eigenvalue weighted by Crippen LogP contribution is -2.27. The Morgan fingerprint density at radius 1 is 1.05 bits per heavy atom. The molecule has 0 aromatic heterocycles. The Labute approximate surface area is 124 Å². The molecule has 5 heteroatoms. The average Bonchev–Trinajstić information content (AvgIpc) is 2.53. The highest BCUT2D eigenvalue weighted by molar-refractivity contribution is 7.92. The Kier molecular flexibility index (Phi) is 4.63. The second kappa shape index (κ2) is 6.44. The van der Waals surface area contributed by atoms with E-state index >= 15 is 0 Å². The molecule has 2 aromatic rings. The van der Waals surface area contributed by atoms with Gasteiger partial charge in [-0.3, -0.25) is 4.31 Å². The molecule has 0 saturated heterocycles. The number of hydrogen-bond donors (Lipinski definition) is 1. The number of rotatable bonds is 3. The Hall–Kier alpha value is -2.29. The quantitative estimate of drug-likeness (QED) is 0.880. The third kappa shape index (κ3) is 3.24. The van der Waals surface area contributed by atoms with E-state index in [2.05, 4.69) is 11.8 Å². The summed E-state index contributed by atoms with van der Waals surface area (Å²) in [5.41, 5.74) is 0.941. The topological polar surface area (TPSA) is 57.6 Å². The van der Waals surface area contributed by atoms with Crippen LogP contribution in [0.2, 0.25) is 0 Å². The first-order valence-electron chi connectivity index (χ1n) is 6.30. The van der Waals surface area contributed by atoms with Gasteiger partial charge in [0.25, 0.3) is 10.0 Å². The Morgan fingerprint density at radius 2 is 1.67 bits per heavy atom. The number of para-hydroxylation sites is 1. The van der Waals surface area contributed by atoms with Crippen molar-refractivity contribution < 1.29 is 13.5 Å². The summed E-state index contributed by atoms with van der Waals surface area (Å²) in [5, 5.41) is 8.77. The van der Waals surface area contributed by atoms with Gasteiger partial charge in [-0.1, -0.05) is 42.2 Å². The molecule has 0 atom stereocenters. The second-order valence-electron chi connectivity index (χ2n) is 4.26. The van der Waals surface area contributed by atoms with Crippen molar-refractivity contribution in [1.29, 1.82) is 0 Å². The molecule has 0 aliphatic heterocycles. The van der Waals surface area contributed by atoms with E-state index in [1.807, 2.05) is 6.07 Å². The lowest BCUT2D eigenvalue weighted by molar-refractivity contribution is 0.350. The molecule has 0 amide bonds. The van der Waals surface area contributed by atoms with Crippen molar-refractivity contribution >= 4 is 15.7 Å². The number of benzene rings is 2. The minimum absolute atomic E-state index is 0.123. The third-order valence-electron chi connectivity index (χ3n) is 2.95. The van der Waals surface area contributed by atoms with E-state index in [0.29, 0.717) is 11.3 Å². The third-order valence-corrected chi connectivity index (χ3v) is 4.79. The molecule has 0 aliphatic rings. The van der Waals surface area contributed by atoms with Gasteiger partial charge in [0.05, 0.1) is 5.69 Å². The van der Waals surface area contributed by atoms with Gasteiger partial charge in [0.2, 0.25) is 0 Å². The van der Waals surface area contributed by atoms with Gasteiger partial charge >= 0.3 is 0 Å². The van der Waals surface area contributed by atoms with Crippen molar-refractivity contribution in [1.82, 2.24) is 0 Å². The van der Waals surface area contributed by atoms with Crippen LogP contribution in [-0.4, -0.2) is 27.2 Å². The van der Waals surface area contributed by atoms with Crippen LogP contribution in [0.5, 0.6) is 0 Å². The summed E-state index contributed by atoms with van der Waals surface area (Å²) in [7, 11) is -2.20. The SMILES string of the molecule is CN(c1ccccc1)S(=O)(=O)c1ccccc1C#CCO. The molecule has 0 saturated carbocycles. The van der Waals surface area contributed by atoms with Gasteiger partial charge < -0.3 is 5.11 Å². The molecule has 2 aromatic carbocycles. The number of aliphatic hydroxyl groups is 1. The van der Waals surface area contributed by atoms with Crippen LogP contribution in [0.4, 0.5) is 5.69 Å². The molecular formula is C16H15NO3S. The van der Waals surface area contributed by atoms with Gasteiger partial charge in [0, 0.05) is 12.6 Å². The van der Waals surface area contributed by atoms with Gasteiger partial charge in [-0.2, -0.15) is 0 Å². The Morgan fingerprint density at radius 3 is 2.33 bits per heavy atom. The summed E-state index contributed by atoms with van der Waals surface area (Å²) in [6.45, 7) is -0.317. The van der Waals surface area contributed by atoms with Gasteiger partial charge in [-0.25, -0.2) is 8.42 Å². The Balaban J connectivity index is 2.50. The highest BCUT2D eigenvalue weighted by Crippen LogP contribution is 2.23. The fourth-order valence-electron chi connectivity index (χ4n) is 1.85. The maximum absolute atomic E-state index is 12.7. The summed E-state index contributed by atoms with van der Waals surface area (Å²) < 4.78 is 26.6. The van der Waals surface area contributed by atoms with Crippen LogP contribution in [0.25, 0.3) is 0 Å². The van der Waals surface area contributed by atoms with Crippen LogP contribution in [0.3, 0.4) is 0 Å². The molecule has 0 unspecified atom stereocenters. The zero-order valence-electron chi connectivity index (χ0n) is 11.5. The lowest BCUT2D eigenvalue weighted by Gasteiger charge is -2.20. The number of nitrogens with zero attached hydrogens (tertiary/aromatic N) is 1. The molecule has 0 fully saturated rings. The van der Waals surface area contributed by atoms with Crippen molar-refractivity contribution in [3.8, 4) is 11.8 Å². The molecule has 0 bridgehead atoms. The summed E-state index contributed by atoms with van der Waals surface area (Å²) in [6, 6.07) is 15.3. The molecule has 2 rings (SSSR count). The second-order valence-corrected chi connectivity index (χ2v) is 6.20. The fraction of sp³-hybridized carbons (Fsp3) is 0.125. The average molecular weight is 301 g/mol. The number of aliphatic hydroxyl groups excluding tert-OH is 1. The monoisotopic (exact) mass is 301 g/mol. The summed E-state index contributed by atoms with van der Waals surface area (Å²) in [4.78, 5) is 0.123. The van der Waals surface area contributed by atoms with Crippen LogP contribution in [-0.2, 0) is 10.0 Å². The molecule has 0 radical (unpaired) electrons.